The molecule has 1 fully saturated rings. The van der Waals surface area contributed by atoms with Crippen molar-refractivity contribution in [2.75, 3.05) is 6.54 Å². The van der Waals surface area contributed by atoms with Crippen molar-refractivity contribution in [3.05, 3.63) is 46.9 Å². The third kappa shape index (κ3) is 3.25. The number of benzene rings is 1. The molecule has 1 aromatic heterocycles. The third-order valence-electron chi connectivity index (χ3n) is 4.52. The zero-order valence-electron chi connectivity index (χ0n) is 13.3. The maximum absolute atomic E-state index is 13.8. The van der Waals surface area contributed by atoms with E-state index in [1.807, 2.05) is 12.1 Å². The standard InChI is InChI=1S/C17H19FN4O/c1-11-15(17-21-20-12(2)23-17)4-3-7-22(11)10-13-5-6-14(9-19)16(18)8-13/h5-6,8,11,15H,3-4,7,10H2,1-2H3/t11-,15-/m0/s1. The molecule has 0 N–H and O–H groups in total. The summed E-state index contributed by atoms with van der Waals surface area (Å²) in [4.78, 5) is 2.30. The molecule has 3 rings (SSSR count). The fraction of sp³-hybridized carbons (Fsp3) is 0.471. The van der Waals surface area contributed by atoms with Gasteiger partial charge in [-0.05, 0) is 44.0 Å². The second-order valence-corrected chi connectivity index (χ2v) is 6.05. The van der Waals surface area contributed by atoms with Crippen molar-refractivity contribution in [3.8, 4) is 6.07 Å². The van der Waals surface area contributed by atoms with Crippen molar-refractivity contribution in [3.63, 3.8) is 0 Å². The SMILES string of the molecule is Cc1nnc([C@H]2CCCN(Cc3ccc(C#N)c(F)c3)[C@H]2C)o1. The predicted molar refractivity (Wildman–Crippen MR) is 82.0 cm³/mol. The number of halogens is 1. The highest BCUT2D eigenvalue weighted by atomic mass is 19.1. The lowest BCUT2D eigenvalue weighted by molar-refractivity contribution is 0.118. The summed E-state index contributed by atoms with van der Waals surface area (Å²) in [5, 5.41) is 16.9. The van der Waals surface area contributed by atoms with Gasteiger partial charge >= 0.3 is 0 Å². The summed E-state index contributed by atoms with van der Waals surface area (Å²) in [5.74, 6) is 1.01. The number of likely N-dealkylation sites (tertiary alicyclic amines) is 1. The Hall–Kier alpha value is -2.26. The second-order valence-electron chi connectivity index (χ2n) is 6.05. The normalized spacial score (nSPS) is 22.0. The van der Waals surface area contributed by atoms with E-state index in [0.29, 0.717) is 18.3 Å². The number of nitriles is 1. The quantitative estimate of drug-likeness (QED) is 0.870. The van der Waals surface area contributed by atoms with Crippen LogP contribution in [0.5, 0.6) is 0 Å². The molecule has 0 saturated carbocycles. The topological polar surface area (TPSA) is 66.0 Å². The van der Waals surface area contributed by atoms with Gasteiger partial charge in [0.2, 0.25) is 11.8 Å². The van der Waals surface area contributed by atoms with Gasteiger partial charge in [-0.15, -0.1) is 10.2 Å². The smallest absolute Gasteiger partial charge is 0.221 e. The Kier molecular flexibility index (Phi) is 4.39. The van der Waals surface area contributed by atoms with E-state index in [4.69, 9.17) is 9.68 Å². The lowest BCUT2D eigenvalue weighted by atomic mass is 9.89. The molecular weight excluding hydrogens is 295 g/mol. The molecule has 1 saturated heterocycles. The van der Waals surface area contributed by atoms with Crippen molar-refractivity contribution in [1.29, 1.82) is 5.26 Å². The van der Waals surface area contributed by atoms with E-state index >= 15 is 0 Å². The molecule has 0 unspecified atom stereocenters. The van der Waals surface area contributed by atoms with Crippen LogP contribution in [-0.4, -0.2) is 27.7 Å². The Bertz CT molecular complexity index is 736. The fourth-order valence-electron chi connectivity index (χ4n) is 3.21. The predicted octanol–water partition coefficient (Wildman–Crippen LogP) is 3.16. The molecule has 0 radical (unpaired) electrons. The van der Waals surface area contributed by atoms with Gasteiger partial charge in [0.25, 0.3) is 0 Å². The summed E-state index contributed by atoms with van der Waals surface area (Å²) in [6.07, 6.45) is 2.05. The molecule has 120 valence electrons. The van der Waals surface area contributed by atoms with E-state index in [1.165, 1.54) is 12.1 Å². The van der Waals surface area contributed by atoms with Crippen LogP contribution in [0.2, 0.25) is 0 Å². The van der Waals surface area contributed by atoms with Crippen LogP contribution in [0.3, 0.4) is 0 Å². The number of rotatable bonds is 3. The highest BCUT2D eigenvalue weighted by molar-refractivity contribution is 5.33. The molecule has 5 nitrogen and oxygen atoms in total. The van der Waals surface area contributed by atoms with Crippen LogP contribution < -0.4 is 0 Å². The van der Waals surface area contributed by atoms with Crippen LogP contribution in [0.25, 0.3) is 0 Å². The maximum Gasteiger partial charge on any atom is 0.221 e. The Morgan fingerprint density at radius 2 is 2.26 bits per heavy atom. The lowest BCUT2D eigenvalue weighted by Crippen LogP contribution is -2.41. The first kappa shape index (κ1) is 15.6. The van der Waals surface area contributed by atoms with Gasteiger partial charge < -0.3 is 4.42 Å². The average Bonchev–Trinajstić information content (AvgIpc) is 2.96. The molecule has 23 heavy (non-hydrogen) atoms. The van der Waals surface area contributed by atoms with Gasteiger partial charge in [-0.1, -0.05) is 6.07 Å². The van der Waals surface area contributed by atoms with E-state index in [0.717, 1.165) is 24.9 Å². The van der Waals surface area contributed by atoms with Gasteiger partial charge in [0.15, 0.2) is 0 Å². The molecule has 1 aliphatic rings. The van der Waals surface area contributed by atoms with Gasteiger partial charge in [-0.25, -0.2) is 4.39 Å². The van der Waals surface area contributed by atoms with E-state index < -0.39 is 5.82 Å². The zero-order valence-corrected chi connectivity index (χ0v) is 13.3. The highest BCUT2D eigenvalue weighted by Crippen LogP contribution is 2.32. The molecule has 0 bridgehead atoms. The molecule has 2 aromatic rings. The largest absolute Gasteiger partial charge is 0.425 e. The maximum atomic E-state index is 13.8. The number of piperidine rings is 1. The van der Waals surface area contributed by atoms with Gasteiger partial charge in [-0.2, -0.15) is 5.26 Å². The summed E-state index contributed by atoms with van der Waals surface area (Å²) >= 11 is 0. The van der Waals surface area contributed by atoms with E-state index in [9.17, 15) is 4.39 Å². The number of aromatic nitrogens is 2. The van der Waals surface area contributed by atoms with Gasteiger partial charge in [0, 0.05) is 19.5 Å². The van der Waals surface area contributed by atoms with Gasteiger partial charge in [-0.3, -0.25) is 4.90 Å². The molecular formula is C17H19FN4O. The molecule has 0 amide bonds. The summed E-state index contributed by atoms with van der Waals surface area (Å²) in [7, 11) is 0. The minimum Gasteiger partial charge on any atom is -0.425 e. The lowest BCUT2D eigenvalue weighted by Gasteiger charge is -2.37. The first-order valence-corrected chi connectivity index (χ1v) is 7.81. The fourth-order valence-corrected chi connectivity index (χ4v) is 3.21. The number of aryl methyl sites for hydroxylation is 1. The van der Waals surface area contributed by atoms with Crippen molar-refractivity contribution in [2.45, 2.75) is 45.2 Å². The summed E-state index contributed by atoms with van der Waals surface area (Å²) in [5.41, 5.74) is 0.954. The van der Waals surface area contributed by atoms with E-state index in [2.05, 4.69) is 22.0 Å². The second kappa shape index (κ2) is 6.47. The Morgan fingerprint density at radius 1 is 1.43 bits per heavy atom. The van der Waals surface area contributed by atoms with Crippen LogP contribution in [-0.2, 0) is 6.54 Å². The third-order valence-corrected chi connectivity index (χ3v) is 4.52. The molecule has 2 heterocycles. The molecule has 2 atom stereocenters. The van der Waals surface area contributed by atoms with Crippen molar-refractivity contribution in [1.82, 2.24) is 15.1 Å². The minimum atomic E-state index is -0.460. The summed E-state index contributed by atoms with van der Waals surface area (Å²) in [6, 6.07) is 6.89. The molecule has 6 heteroatoms. The molecule has 1 aliphatic heterocycles. The number of hydrogen-bond acceptors (Lipinski definition) is 5. The Morgan fingerprint density at radius 3 is 2.91 bits per heavy atom. The van der Waals surface area contributed by atoms with Crippen LogP contribution in [0.4, 0.5) is 4.39 Å². The first-order chi connectivity index (χ1) is 11.1. The minimum absolute atomic E-state index is 0.0830. The van der Waals surface area contributed by atoms with Crippen molar-refractivity contribution < 1.29 is 8.81 Å². The van der Waals surface area contributed by atoms with Crippen LogP contribution in [0, 0.1) is 24.1 Å². The zero-order chi connectivity index (χ0) is 16.4. The average molecular weight is 314 g/mol. The Balaban J connectivity index is 1.75. The molecule has 0 aliphatic carbocycles. The number of nitrogens with zero attached hydrogens (tertiary/aromatic N) is 4. The molecule has 0 spiro atoms. The molecule has 1 aromatic carbocycles. The monoisotopic (exact) mass is 314 g/mol. The van der Waals surface area contributed by atoms with Gasteiger partial charge in [0.1, 0.15) is 11.9 Å². The summed E-state index contributed by atoms with van der Waals surface area (Å²) < 4.78 is 19.4. The Labute approximate surface area is 134 Å². The van der Waals surface area contributed by atoms with Crippen LogP contribution in [0.15, 0.2) is 22.6 Å². The van der Waals surface area contributed by atoms with Crippen LogP contribution in [0.1, 0.15) is 48.6 Å². The van der Waals surface area contributed by atoms with Crippen LogP contribution >= 0.6 is 0 Å². The van der Waals surface area contributed by atoms with Crippen molar-refractivity contribution in [2.24, 2.45) is 0 Å². The summed E-state index contributed by atoms with van der Waals surface area (Å²) in [6.45, 7) is 5.53. The number of hydrogen-bond donors (Lipinski definition) is 0. The highest BCUT2D eigenvalue weighted by Gasteiger charge is 2.32. The van der Waals surface area contributed by atoms with Gasteiger partial charge in [0.05, 0.1) is 11.5 Å². The van der Waals surface area contributed by atoms with E-state index in [1.54, 1.807) is 6.92 Å². The van der Waals surface area contributed by atoms with E-state index in [-0.39, 0.29) is 17.5 Å². The first-order valence-electron chi connectivity index (χ1n) is 7.81. The van der Waals surface area contributed by atoms with Crippen molar-refractivity contribution >= 4 is 0 Å².